The van der Waals surface area contributed by atoms with Gasteiger partial charge in [0.05, 0.1) is 6.10 Å². The first-order valence-electron chi connectivity index (χ1n) is 8.35. The molecular weight excluding hydrogens is 305 g/mol. The van der Waals surface area contributed by atoms with Crippen molar-refractivity contribution in [1.29, 1.82) is 0 Å². The number of ether oxygens (including phenoxy) is 1. The maximum absolute atomic E-state index is 14.0. The van der Waals surface area contributed by atoms with Crippen molar-refractivity contribution in [3.8, 4) is 0 Å². The summed E-state index contributed by atoms with van der Waals surface area (Å²) in [4.78, 5) is 14.7. The SMILES string of the molecule is Cc1ccccc1C(=O)N(Cc1ccccc1F)CC1CCCO1. The summed E-state index contributed by atoms with van der Waals surface area (Å²) in [6.45, 7) is 3.39. The quantitative estimate of drug-likeness (QED) is 0.832. The molecule has 1 saturated heterocycles. The third-order valence-corrected chi connectivity index (χ3v) is 4.43. The number of carbonyl (C=O) groups excluding carboxylic acids is 1. The van der Waals surface area contributed by atoms with Crippen LogP contribution in [-0.4, -0.2) is 30.1 Å². The van der Waals surface area contributed by atoms with E-state index in [-0.39, 0.29) is 24.4 Å². The number of hydrogen-bond acceptors (Lipinski definition) is 2. The molecule has 0 bridgehead atoms. The minimum Gasteiger partial charge on any atom is -0.376 e. The predicted molar refractivity (Wildman–Crippen MR) is 91.3 cm³/mol. The maximum Gasteiger partial charge on any atom is 0.254 e. The average Bonchev–Trinajstić information content (AvgIpc) is 3.09. The van der Waals surface area contributed by atoms with Crippen LogP contribution < -0.4 is 0 Å². The first-order valence-corrected chi connectivity index (χ1v) is 8.35. The average molecular weight is 327 g/mol. The Morgan fingerprint density at radius 3 is 2.67 bits per heavy atom. The van der Waals surface area contributed by atoms with E-state index in [1.165, 1.54) is 6.07 Å². The molecule has 0 saturated carbocycles. The first kappa shape index (κ1) is 16.7. The summed E-state index contributed by atoms with van der Waals surface area (Å²) < 4.78 is 19.7. The molecule has 1 aliphatic rings. The van der Waals surface area contributed by atoms with Gasteiger partial charge in [0.2, 0.25) is 0 Å². The monoisotopic (exact) mass is 327 g/mol. The zero-order valence-corrected chi connectivity index (χ0v) is 13.9. The molecule has 2 aromatic carbocycles. The Labute approximate surface area is 142 Å². The van der Waals surface area contributed by atoms with Crippen molar-refractivity contribution in [1.82, 2.24) is 4.90 Å². The Balaban J connectivity index is 1.85. The van der Waals surface area contributed by atoms with Gasteiger partial charge in [0, 0.05) is 30.8 Å². The van der Waals surface area contributed by atoms with Crippen molar-refractivity contribution >= 4 is 5.91 Å². The number of benzene rings is 2. The highest BCUT2D eigenvalue weighted by Crippen LogP contribution is 2.19. The Hall–Kier alpha value is -2.20. The standard InChI is InChI=1S/C20H22FNO2/c1-15-7-2-4-10-18(15)20(23)22(14-17-9-6-12-24-17)13-16-8-3-5-11-19(16)21/h2-5,7-8,10-11,17H,6,9,12-14H2,1H3. The molecule has 3 rings (SSSR count). The van der Waals surface area contributed by atoms with E-state index in [2.05, 4.69) is 0 Å². The van der Waals surface area contributed by atoms with Crippen LogP contribution in [0.3, 0.4) is 0 Å². The molecule has 0 radical (unpaired) electrons. The van der Waals surface area contributed by atoms with E-state index in [0.717, 1.165) is 25.0 Å². The van der Waals surface area contributed by atoms with Crippen LogP contribution >= 0.6 is 0 Å². The summed E-state index contributed by atoms with van der Waals surface area (Å²) in [5.74, 6) is -0.362. The Bertz CT molecular complexity index is 710. The number of carbonyl (C=O) groups is 1. The Kier molecular flexibility index (Phi) is 5.26. The first-order chi connectivity index (χ1) is 11.6. The third-order valence-electron chi connectivity index (χ3n) is 4.43. The molecule has 1 fully saturated rings. The van der Waals surface area contributed by atoms with Crippen molar-refractivity contribution in [3.05, 3.63) is 71.0 Å². The van der Waals surface area contributed by atoms with Crippen LogP contribution in [0.4, 0.5) is 4.39 Å². The van der Waals surface area contributed by atoms with Gasteiger partial charge in [0.15, 0.2) is 0 Å². The van der Waals surface area contributed by atoms with E-state index >= 15 is 0 Å². The lowest BCUT2D eigenvalue weighted by atomic mass is 10.1. The van der Waals surface area contributed by atoms with Crippen molar-refractivity contribution in [2.75, 3.05) is 13.2 Å². The van der Waals surface area contributed by atoms with Crippen molar-refractivity contribution in [3.63, 3.8) is 0 Å². The van der Waals surface area contributed by atoms with Gasteiger partial charge in [-0.25, -0.2) is 4.39 Å². The molecule has 0 N–H and O–H groups in total. The number of halogens is 1. The number of hydrogen-bond donors (Lipinski definition) is 0. The molecule has 0 aliphatic carbocycles. The van der Waals surface area contributed by atoms with Gasteiger partial charge >= 0.3 is 0 Å². The van der Waals surface area contributed by atoms with Crippen LogP contribution in [0.2, 0.25) is 0 Å². The largest absolute Gasteiger partial charge is 0.376 e. The summed E-state index contributed by atoms with van der Waals surface area (Å²) in [5.41, 5.74) is 2.11. The normalized spacial score (nSPS) is 17.0. The highest BCUT2D eigenvalue weighted by atomic mass is 19.1. The van der Waals surface area contributed by atoms with E-state index < -0.39 is 0 Å². The summed E-state index contributed by atoms with van der Waals surface area (Å²) in [6.07, 6.45) is 1.98. The van der Waals surface area contributed by atoms with Crippen LogP contribution in [0, 0.1) is 12.7 Å². The highest BCUT2D eigenvalue weighted by Gasteiger charge is 2.25. The van der Waals surface area contributed by atoms with Gasteiger partial charge in [0.1, 0.15) is 5.82 Å². The maximum atomic E-state index is 14.0. The van der Waals surface area contributed by atoms with E-state index in [9.17, 15) is 9.18 Å². The fourth-order valence-electron chi connectivity index (χ4n) is 3.07. The topological polar surface area (TPSA) is 29.5 Å². The predicted octanol–water partition coefficient (Wildman–Crippen LogP) is 3.96. The van der Waals surface area contributed by atoms with Gasteiger partial charge in [0.25, 0.3) is 5.91 Å². The molecule has 126 valence electrons. The van der Waals surface area contributed by atoms with Crippen molar-refractivity contribution in [2.24, 2.45) is 0 Å². The minimum absolute atomic E-state index is 0.0322. The van der Waals surface area contributed by atoms with Gasteiger partial charge in [-0.15, -0.1) is 0 Å². The second-order valence-corrected chi connectivity index (χ2v) is 6.23. The van der Waals surface area contributed by atoms with Gasteiger partial charge in [-0.1, -0.05) is 36.4 Å². The van der Waals surface area contributed by atoms with E-state index in [1.54, 1.807) is 23.1 Å². The fourth-order valence-corrected chi connectivity index (χ4v) is 3.07. The number of amides is 1. The lowest BCUT2D eigenvalue weighted by molar-refractivity contribution is 0.0504. The van der Waals surface area contributed by atoms with Gasteiger partial charge in [-0.2, -0.15) is 0 Å². The second-order valence-electron chi connectivity index (χ2n) is 6.23. The number of aryl methyl sites for hydroxylation is 1. The molecule has 1 unspecified atom stereocenters. The van der Waals surface area contributed by atoms with Crippen molar-refractivity contribution < 1.29 is 13.9 Å². The molecule has 2 aromatic rings. The fraction of sp³-hybridized carbons (Fsp3) is 0.350. The van der Waals surface area contributed by atoms with Crippen LogP contribution in [0.1, 0.15) is 34.3 Å². The molecule has 1 amide bonds. The van der Waals surface area contributed by atoms with Crippen LogP contribution in [0.15, 0.2) is 48.5 Å². The van der Waals surface area contributed by atoms with E-state index in [0.29, 0.717) is 17.7 Å². The molecule has 1 atom stereocenters. The lowest BCUT2D eigenvalue weighted by Gasteiger charge is -2.26. The Morgan fingerprint density at radius 1 is 1.21 bits per heavy atom. The van der Waals surface area contributed by atoms with E-state index in [4.69, 9.17) is 4.74 Å². The zero-order valence-electron chi connectivity index (χ0n) is 13.9. The molecule has 24 heavy (non-hydrogen) atoms. The second kappa shape index (κ2) is 7.58. The van der Waals surface area contributed by atoms with Gasteiger partial charge in [-0.3, -0.25) is 4.79 Å². The van der Waals surface area contributed by atoms with Crippen LogP contribution in [-0.2, 0) is 11.3 Å². The van der Waals surface area contributed by atoms with Gasteiger partial charge < -0.3 is 9.64 Å². The highest BCUT2D eigenvalue weighted by molar-refractivity contribution is 5.95. The molecule has 3 nitrogen and oxygen atoms in total. The Morgan fingerprint density at radius 2 is 1.96 bits per heavy atom. The summed E-state index contributed by atoms with van der Waals surface area (Å²) in [7, 11) is 0. The van der Waals surface area contributed by atoms with Crippen LogP contribution in [0.5, 0.6) is 0 Å². The lowest BCUT2D eigenvalue weighted by Crippen LogP contribution is -2.37. The molecule has 0 aromatic heterocycles. The minimum atomic E-state index is -0.285. The third kappa shape index (κ3) is 3.82. The molecule has 1 aliphatic heterocycles. The summed E-state index contributed by atoms with van der Waals surface area (Å²) >= 11 is 0. The van der Waals surface area contributed by atoms with Crippen molar-refractivity contribution in [2.45, 2.75) is 32.4 Å². The molecule has 0 spiro atoms. The van der Waals surface area contributed by atoms with Crippen LogP contribution in [0.25, 0.3) is 0 Å². The zero-order chi connectivity index (χ0) is 16.9. The molecule has 1 heterocycles. The number of nitrogens with zero attached hydrogens (tertiary/aromatic N) is 1. The smallest absolute Gasteiger partial charge is 0.254 e. The summed E-state index contributed by atoms with van der Waals surface area (Å²) in [5, 5.41) is 0. The number of rotatable bonds is 5. The molecular formula is C20H22FNO2. The summed E-state index contributed by atoms with van der Waals surface area (Å²) in [6, 6.07) is 14.1. The van der Waals surface area contributed by atoms with E-state index in [1.807, 2.05) is 31.2 Å². The molecule has 4 heteroatoms. The van der Waals surface area contributed by atoms with Gasteiger partial charge in [-0.05, 0) is 37.5 Å².